The summed E-state index contributed by atoms with van der Waals surface area (Å²) < 4.78 is 0. The van der Waals surface area contributed by atoms with Gasteiger partial charge in [-0.2, -0.15) is 0 Å². The predicted octanol–water partition coefficient (Wildman–Crippen LogP) is 3.25. The molecule has 2 aliphatic carbocycles. The van der Waals surface area contributed by atoms with Crippen molar-refractivity contribution in [2.24, 2.45) is 5.41 Å². The van der Waals surface area contributed by atoms with Gasteiger partial charge in [0.05, 0.1) is 0 Å². The lowest BCUT2D eigenvalue weighted by atomic mass is 9.61. The first-order valence-corrected chi connectivity index (χ1v) is 5.99. The molecule has 16 heavy (non-hydrogen) atoms. The fourth-order valence-electron chi connectivity index (χ4n) is 3.13. The maximum Gasteiger partial charge on any atom is 0.156 e. The van der Waals surface area contributed by atoms with E-state index in [-0.39, 0.29) is 11.2 Å². The Morgan fingerprint density at radius 3 is 3.00 bits per heavy atom. The van der Waals surface area contributed by atoms with Crippen molar-refractivity contribution >= 4 is 5.78 Å². The van der Waals surface area contributed by atoms with Gasteiger partial charge in [-0.05, 0) is 35.5 Å². The summed E-state index contributed by atoms with van der Waals surface area (Å²) in [5.74, 6) is 0.675. The second kappa shape index (κ2) is 3.31. The van der Waals surface area contributed by atoms with Crippen molar-refractivity contribution < 1.29 is 4.79 Å². The lowest BCUT2D eigenvalue weighted by Gasteiger charge is -2.42. The third-order valence-electron chi connectivity index (χ3n) is 4.21. The van der Waals surface area contributed by atoms with E-state index in [2.05, 4.69) is 37.3 Å². The Kier molecular flexibility index (Phi) is 2.03. The standard InChI is InChI=1S/C15H16O/c1-15-8-6-11-4-2-3-5-13(11)14(15)10-12(16)7-9-15/h2-5,7,9,14H,6,8,10H2,1H3. The minimum atomic E-state index is 0.197. The van der Waals surface area contributed by atoms with Crippen molar-refractivity contribution in [3.63, 3.8) is 0 Å². The smallest absolute Gasteiger partial charge is 0.156 e. The van der Waals surface area contributed by atoms with Crippen LogP contribution in [0, 0.1) is 5.41 Å². The lowest BCUT2D eigenvalue weighted by molar-refractivity contribution is -0.116. The van der Waals surface area contributed by atoms with Gasteiger partial charge in [-0.3, -0.25) is 4.79 Å². The number of carbonyl (C=O) groups is 1. The molecule has 0 saturated carbocycles. The van der Waals surface area contributed by atoms with Crippen LogP contribution in [0.3, 0.4) is 0 Å². The number of ketones is 1. The maximum atomic E-state index is 11.6. The molecule has 2 unspecified atom stereocenters. The summed E-state index contributed by atoms with van der Waals surface area (Å²) in [6, 6.07) is 8.59. The van der Waals surface area contributed by atoms with Crippen LogP contribution in [0.25, 0.3) is 0 Å². The first kappa shape index (κ1) is 9.83. The highest BCUT2D eigenvalue weighted by Crippen LogP contribution is 2.49. The topological polar surface area (TPSA) is 17.1 Å². The van der Waals surface area contributed by atoms with Crippen LogP contribution in [0.15, 0.2) is 36.4 Å². The highest BCUT2D eigenvalue weighted by Gasteiger charge is 2.40. The molecule has 0 fully saturated rings. The van der Waals surface area contributed by atoms with Crippen LogP contribution in [0.1, 0.15) is 36.8 Å². The van der Waals surface area contributed by atoms with E-state index in [0.717, 1.165) is 6.42 Å². The molecule has 0 heterocycles. The van der Waals surface area contributed by atoms with Crippen LogP contribution in [-0.2, 0) is 11.2 Å². The van der Waals surface area contributed by atoms with E-state index < -0.39 is 0 Å². The lowest BCUT2D eigenvalue weighted by Crippen LogP contribution is -2.33. The summed E-state index contributed by atoms with van der Waals surface area (Å²) in [6.07, 6.45) is 6.91. The van der Waals surface area contributed by atoms with E-state index in [1.54, 1.807) is 6.08 Å². The SMILES string of the molecule is CC12C=CC(=O)CC1c1ccccc1CC2. The molecule has 3 rings (SSSR count). The van der Waals surface area contributed by atoms with E-state index in [0.29, 0.717) is 12.3 Å². The highest BCUT2D eigenvalue weighted by molar-refractivity contribution is 5.91. The molecule has 0 bridgehead atoms. The molecule has 0 aliphatic heterocycles. The monoisotopic (exact) mass is 212 g/mol. The van der Waals surface area contributed by atoms with Gasteiger partial charge in [-0.25, -0.2) is 0 Å². The molecule has 1 aromatic rings. The van der Waals surface area contributed by atoms with Gasteiger partial charge >= 0.3 is 0 Å². The first-order chi connectivity index (χ1) is 7.69. The van der Waals surface area contributed by atoms with Crippen LogP contribution in [-0.4, -0.2) is 5.78 Å². The second-order valence-electron chi connectivity index (χ2n) is 5.26. The molecule has 2 atom stereocenters. The highest BCUT2D eigenvalue weighted by atomic mass is 16.1. The zero-order valence-electron chi connectivity index (χ0n) is 9.57. The quantitative estimate of drug-likeness (QED) is 0.645. The van der Waals surface area contributed by atoms with E-state index in [4.69, 9.17) is 0 Å². The summed E-state index contributed by atoms with van der Waals surface area (Å²) in [6.45, 7) is 2.29. The van der Waals surface area contributed by atoms with Crippen molar-refractivity contribution in [3.05, 3.63) is 47.5 Å². The number of hydrogen-bond acceptors (Lipinski definition) is 1. The molecule has 0 amide bonds. The summed E-state index contributed by atoms with van der Waals surface area (Å²) in [5.41, 5.74) is 3.03. The van der Waals surface area contributed by atoms with Crippen LogP contribution in [0.5, 0.6) is 0 Å². The molecular weight excluding hydrogens is 196 g/mol. The van der Waals surface area contributed by atoms with Gasteiger partial charge in [0.25, 0.3) is 0 Å². The Morgan fingerprint density at radius 1 is 1.31 bits per heavy atom. The number of rotatable bonds is 0. The predicted molar refractivity (Wildman–Crippen MR) is 64.4 cm³/mol. The van der Waals surface area contributed by atoms with Crippen molar-refractivity contribution in [1.29, 1.82) is 0 Å². The normalized spacial score (nSPS) is 32.1. The van der Waals surface area contributed by atoms with Gasteiger partial charge in [0.15, 0.2) is 5.78 Å². The fraction of sp³-hybridized carbons (Fsp3) is 0.400. The molecule has 0 radical (unpaired) electrons. The Bertz CT molecular complexity index is 472. The molecule has 0 saturated heterocycles. The Hall–Kier alpha value is -1.37. The Labute approximate surface area is 96.2 Å². The van der Waals surface area contributed by atoms with E-state index in [1.165, 1.54) is 17.5 Å². The molecule has 82 valence electrons. The maximum absolute atomic E-state index is 11.6. The second-order valence-corrected chi connectivity index (χ2v) is 5.26. The molecule has 0 spiro atoms. The van der Waals surface area contributed by atoms with E-state index >= 15 is 0 Å². The van der Waals surface area contributed by atoms with Gasteiger partial charge in [0.1, 0.15) is 0 Å². The van der Waals surface area contributed by atoms with Gasteiger partial charge in [0, 0.05) is 12.3 Å². The fourth-order valence-corrected chi connectivity index (χ4v) is 3.13. The average molecular weight is 212 g/mol. The van der Waals surface area contributed by atoms with Crippen LogP contribution >= 0.6 is 0 Å². The number of hydrogen-bond donors (Lipinski definition) is 0. The number of benzene rings is 1. The molecule has 2 aliphatic rings. The van der Waals surface area contributed by atoms with Gasteiger partial charge < -0.3 is 0 Å². The molecule has 0 aromatic heterocycles. The third kappa shape index (κ3) is 1.35. The molecular formula is C15H16O. The van der Waals surface area contributed by atoms with Crippen molar-refractivity contribution in [2.45, 2.75) is 32.1 Å². The Morgan fingerprint density at radius 2 is 2.12 bits per heavy atom. The largest absolute Gasteiger partial charge is 0.295 e. The first-order valence-electron chi connectivity index (χ1n) is 5.99. The van der Waals surface area contributed by atoms with Gasteiger partial charge in [0.2, 0.25) is 0 Å². The van der Waals surface area contributed by atoms with E-state index in [9.17, 15) is 4.79 Å². The number of aryl methyl sites for hydroxylation is 1. The Balaban J connectivity index is 2.12. The van der Waals surface area contributed by atoms with Crippen LogP contribution in [0.2, 0.25) is 0 Å². The minimum absolute atomic E-state index is 0.197. The average Bonchev–Trinajstić information content (AvgIpc) is 2.31. The number of fused-ring (bicyclic) bond motifs is 3. The van der Waals surface area contributed by atoms with Gasteiger partial charge in [-0.1, -0.05) is 37.3 Å². The third-order valence-corrected chi connectivity index (χ3v) is 4.21. The van der Waals surface area contributed by atoms with Crippen LogP contribution in [0.4, 0.5) is 0 Å². The van der Waals surface area contributed by atoms with Crippen molar-refractivity contribution in [3.8, 4) is 0 Å². The molecule has 0 N–H and O–H groups in total. The number of carbonyl (C=O) groups excluding carboxylic acids is 1. The van der Waals surface area contributed by atoms with Crippen molar-refractivity contribution in [2.75, 3.05) is 0 Å². The number of allylic oxidation sites excluding steroid dienone is 2. The molecule has 1 heteroatoms. The van der Waals surface area contributed by atoms with E-state index in [1.807, 2.05) is 0 Å². The van der Waals surface area contributed by atoms with Gasteiger partial charge in [-0.15, -0.1) is 0 Å². The minimum Gasteiger partial charge on any atom is -0.295 e. The van der Waals surface area contributed by atoms with Crippen LogP contribution < -0.4 is 0 Å². The zero-order valence-corrected chi connectivity index (χ0v) is 9.57. The summed E-state index contributed by atoms with van der Waals surface area (Å²) >= 11 is 0. The molecule has 1 nitrogen and oxygen atoms in total. The summed E-state index contributed by atoms with van der Waals surface area (Å²) in [7, 11) is 0. The summed E-state index contributed by atoms with van der Waals surface area (Å²) in [5, 5.41) is 0. The van der Waals surface area contributed by atoms with Crippen molar-refractivity contribution in [1.82, 2.24) is 0 Å². The zero-order chi connectivity index (χ0) is 11.2. The summed E-state index contributed by atoms with van der Waals surface area (Å²) in [4.78, 5) is 11.6. The molecule has 1 aromatic carbocycles.